The molecule has 0 amide bonds. The van der Waals surface area contributed by atoms with Gasteiger partial charge in [0.2, 0.25) is 5.82 Å². The Kier molecular flexibility index (Phi) is 6.98. The molecular weight excluding hydrogens is 306 g/mol. The average molecular weight is 330 g/mol. The van der Waals surface area contributed by atoms with Gasteiger partial charge in [0.1, 0.15) is 0 Å². The first-order valence-electron chi connectivity index (χ1n) is 8.53. The van der Waals surface area contributed by atoms with Crippen molar-refractivity contribution in [2.45, 2.75) is 39.5 Å². The molecule has 0 aliphatic rings. The fourth-order valence-electron chi connectivity index (χ4n) is 2.50. The fourth-order valence-corrected chi connectivity index (χ4v) is 2.50. The average Bonchev–Trinajstić information content (AvgIpc) is 2.60. The summed E-state index contributed by atoms with van der Waals surface area (Å²) in [4.78, 5) is 0. The Morgan fingerprint density at radius 3 is 2.29 bits per heavy atom. The quantitative estimate of drug-likeness (QED) is 0.409. The van der Waals surface area contributed by atoms with Gasteiger partial charge in [-0.2, -0.15) is 4.39 Å². The molecule has 2 aromatic carbocycles. The van der Waals surface area contributed by atoms with Gasteiger partial charge < -0.3 is 4.74 Å². The van der Waals surface area contributed by atoms with Gasteiger partial charge in [0.15, 0.2) is 11.6 Å². The summed E-state index contributed by atoms with van der Waals surface area (Å²) >= 11 is 0. The van der Waals surface area contributed by atoms with Crippen molar-refractivity contribution < 1.29 is 13.5 Å². The molecular formula is C21H24F2O. The van der Waals surface area contributed by atoms with E-state index < -0.39 is 11.6 Å². The highest BCUT2D eigenvalue weighted by Gasteiger charge is 2.12. The number of hydrogen-bond donors (Lipinski definition) is 0. The van der Waals surface area contributed by atoms with Crippen LogP contribution in [-0.4, -0.2) is 6.61 Å². The van der Waals surface area contributed by atoms with Crippen LogP contribution in [0.15, 0.2) is 36.4 Å². The smallest absolute Gasteiger partial charge is 0.201 e. The minimum absolute atomic E-state index is 0.0522. The number of ether oxygens (including phenoxy) is 1. The van der Waals surface area contributed by atoms with Crippen LogP contribution in [-0.2, 0) is 6.42 Å². The topological polar surface area (TPSA) is 9.23 Å². The van der Waals surface area contributed by atoms with E-state index in [1.54, 1.807) is 19.1 Å². The van der Waals surface area contributed by atoms with Crippen molar-refractivity contribution in [3.8, 4) is 5.75 Å². The van der Waals surface area contributed by atoms with Crippen molar-refractivity contribution in [3.63, 3.8) is 0 Å². The van der Waals surface area contributed by atoms with Crippen molar-refractivity contribution in [1.82, 2.24) is 0 Å². The van der Waals surface area contributed by atoms with Crippen molar-refractivity contribution in [3.05, 3.63) is 64.7 Å². The maximum Gasteiger partial charge on any atom is 0.201 e. The van der Waals surface area contributed by atoms with Crippen molar-refractivity contribution >= 4 is 12.2 Å². The standard InChI is InChI=1S/C21H24F2O/c1-3-5-6-7-16-8-10-17(11-9-16)12-13-18-14-15-19(24-4-2)21(23)20(18)22/h8-15H,3-7H2,1-2H3. The van der Waals surface area contributed by atoms with Gasteiger partial charge in [-0.1, -0.05) is 56.2 Å². The maximum absolute atomic E-state index is 14.0. The molecule has 0 spiro atoms. The Bertz CT molecular complexity index is 675. The van der Waals surface area contributed by atoms with Gasteiger partial charge in [-0.15, -0.1) is 0 Å². The first-order chi connectivity index (χ1) is 11.7. The minimum atomic E-state index is -0.940. The first kappa shape index (κ1) is 18.2. The second kappa shape index (κ2) is 9.21. The molecule has 0 aliphatic carbocycles. The molecule has 0 radical (unpaired) electrons. The van der Waals surface area contributed by atoms with Crippen LogP contribution < -0.4 is 4.74 Å². The lowest BCUT2D eigenvalue weighted by atomic mass is 10.0. The van der Waals surface area contributed by atoms with Gasteiger partial charge >= 0.3 is 0 Å². The summed E-state index contributed by atoms with van der Waals surface area (Å²) in [6.07, 6.45) is 8.10. The Morgan fingerprint density at radius 1 is 0.875 bits per heavy atom. The molecule has 0 bridgehead atoms. The zero-order valence-electron chi connectivity index (χ0n) is 14.3. The molecule has 0 saturated carbocycles. The molecule has 0 heterocycles. The summed E-state index contributed by atoms with van der Waals surface area (Å²) < 4.78 is 32.9. The van der Waals surface area contributed by atoms with E-state index in [4.69, 9.17) is 4.74 Å². The number of rotatable bonds is 8. The molecule has 1 nitrogen and oxygen atoms in total. The molecule has 128 valence electrons. The van der Waals surface area contributed by atoms with Crippen LogP contribution in [0.5, 0.6) is 5.75 Å². The van der Waals surface area contributed by atoms with E-state index in [2.05, 4.69) is 19.1 Å². The second-order valence-electron chi connectivity index (χ2n) is 5.75. The lowest BCUT2D eigenvalue weighted by Crippen LogP contribution is -1.98. The molecule has 0 aromatic heterocycles. The highest BCUT2D eigenvalue weighted by Crippen LogP contribution is 2.24. The number of unbranched alkanes of at least 4 members (excludes halogenated alkanes) is 2. The minimum Gasteiger partial charge on any atom is -0.491 e. The Labute approximate surface area is 143 Å². The van der Waals surface area contributed by atoms with Crippen LogP contribution in [0.25, 0.3) is 12.2 Å². The van der Waals surface area contributed by atoms with Gasteiger partial charge in [-0.25, -0.2) is 4.39 Å². The number of hydrogen-bond acceptors (Lipinski definition) is 1. The predicted octanol–water partition coefficient (Wildman–Crippen LogP) is 6.27. The Morgan fingerprint density at radius 2 is 1.62 bits per heavy atom. The third-order valence-electron chi connectivity index (χ3n) is 3.88. The number of halogens is 2. The van der Waals surface area contributed by atoms with Crippen LogP contribution in [0.1, 0.15) is 49.8 Å². The van der Waals surface area contributed by atoms with Crippen LogP contribution >= 0.6 is 0 Å². The molecule has 0 fully saturated rings. The summed E-state index contributed by atoms with van der Waals surface area (Å²) in [5.74, 6) is -1.87. The lowest BCUT2D eigenvalue weighted by molar-refractivity contribution is 0.314. The summed E-state index contributed by atoms with van der Waals surface area (Å²) in [6, 6.07) is 11.2. The second-order valence-corrected chi connectivity index (χ2v) is 5.75. The molecule has 0 atom stereocenters. The fraction of sp³-hybridized carbons (Fsp3) is 0.333. The highest BCUT2D eigenvalue weighted by molar-refractivity contribution is 5.70. The predicted molar refractivity (Wildman–Crippen MR) is 96.1 cm³/mol. The zero-order chi connectivity index (χ0) is 17.4. The van der Waals surface area contributed by atoms with E-state index in [9.17, 15) is 8.78 Å². The Hall–Kier alpha value is -2.16. The Balaban J connectivity index is 2.06. The molecule has 3 heteroatoms. The summed E-state index contributed by atoms with van der Waals surface area (Å²) in [5.41, 5.74) is 2.48. The van der Waals surface area contributed by atoms with Crippen LogP contribution in [0.3, 0.4) is 0 Å². The van der Waals surface area contributed by atoms with Crippen molar-refractivity contribution in [1.29, 1.82) is 0 Å². The van der Waals surface area contributed by atoms with E-state index in [-0.39, 0.29) is 11.3 Å². The van der Waals surface area contributed by atoms with Crippen LogP contribution in [0, 0.1) is 11.6 Å². The normalized spacial score (nSPS) is 11.2. The van der Waals surface area contributed by atoms with Gasteiger partial charge in [-0.05, 0) is 43.0 Å². The summed E-state index contributed by atoms with van der Waals surface area (Å²) in [6.45, 7) is 4.23. The van der Waals surface area contributed by atoms with E-state index in [0.717, 1.165) is 12.0 Å². The van der Waals surface area contributed by atoms with E-state index in [1.165, 1.54) is 37.0 Å². The monoisotopic (exact) mass is 330 g/mol. The zero-order valence-corrected chi connectivity index (χ0v) is 14.3. The third kappa shape index (κ3) is 4.92. The molecule has 2 aromatic rings. The lowest BCUT2D eigenvalue weighted by Gasteiger charge is -2.06. The van der Waals surface area contributed by atoms with Crippen molar-refractivity contribution in [2.24, 2.45) is 0 Å². The van der Waals surface area contributed by atoms with Gasteiger partial charge in [0, 0.05) is 5.56 Å². The van der Waals surface area contributed by atoms with Crippen LogP contribution in [0.4, 0.5) is 8.78 Å². The molecule has 0 aliphatic heterocycles. The molecule has 24 heavy (non-hydrogen) atoms. The van der Waals surface area contributed by atoms with E-state index in [1.807, 2.05) is 12.1 Å². The summed E-state index contributed by atoms with van der Waals surface area (Å²) in [7, 11) is 0. The molecule has 2 rings (SSSR count). The van der Waals surface area contributed by atoms with Gasteiger partial charge in [0.25, 0.3) is 0 Å². The van der Waals surface area contributed by atoms with Crippen LogP contribution in [0.2, 0.25) is 0 Å². The number of benzene rings is 2. The molecule has 0 unspecified atom stereocenters. The summed E-state index contributed by atoms with van der Waals surface area (Å²) in [5, 5.41) is 0. The number of aryl methyl sites for hydroxylation is 1. The van der Waals surface area contributed by atoms with E-state index in [0.29, 0.717) is 6.61 Å². The van der Waals surface area contributed by atoms with Crippen molar-refractivity contribution in [2.75, 3.05) is 6.61 Å². The first-order valence-corrected chi connectivity index (χ1v) is 8.53. The maximum atomic E-state index is 14.0. The molecule has 0 saturated heterocycles. The third-order valence-corrected chi connectivity index (χ3v) is 3.88. The highest BCUT2D eigenvalue weighted by atomic mass is 19.2. The van der Waals surface area contributed by atoms with Gasteiger partial charge in [0.05, 0.1) is 6.61 Å². The molecule has 0 N–H and O–H groups in total. The largest absolute Gasteiger partial charge is 0.491 e. The van der Waals surface area contributed by atoms with Gasteiger partial charge in [-0.3, -0.25) is 0 Å². The van der Waals surface area contributed by atoms with E-state index >= 15 is 0 Å². The SMILES string of the molecule is CCCCCc1ccc(C=Cc2ccc(OCC)c(F)c2F)cc1.